The van der Waals surface area contributed by atoms with Gasteiger partial charge in [0.05, 0.1) is 5.69 Å². The SMILES string of the molecule is C[C@H](CC(=O)NC1CCCC1)Cc1nnc2c(=O)n(-c3cccc(F)c3)ccn12. The quantitative estimate of drug-likeness (QED) is 0.693. The lowest BCUT2D eigenvalue weighted by atomic mass is 10.0. The van der Waals surface area contributed by atoms with Gasteiger partial charge in [0.2, 0.25) is 11.6 Å². The number of rotatable bonds is 6. The van der Waals surface area contributed by atoms with Gasteiger partial charge < -0.3 is 5.32 Å². The number of nitrogens with zero attached hydrogens (tertiary/aromatic N) is 4. The molecule has 1 fully saturated rings. The minimum Gasteiger partial charge on any atom is -0.353 e. The Hall–Kier alpha value is -3.03. The van der Waals surface area contributed by atoms with Crippen LogP contribution in [0.2, 0.25) is 0 Å². The van der Waals surface area contributed by atoms with Crippen molar-refractivity contribution in [2.45, 2.75) is 51.5 Å². The molecule has 1 aliphatic carbocycles. The highest BCUT2D eigenvalue weighted by Crippen LogP contribution is 2.18. The standard InChI is InChI=1S/C21H24FN5O2/c1-14(12-19(28)23-16-6-2-3-7-16)11-18-24-25-20-21(29)26(9-10-27(18)20)17-8-4-5-15(22)13-17/h4-5,8-10,13-14,16H,2-3,6-7,11-12H2,1H3,(H,23,28)/t14-/m0/s1. The average Bonchev–Trinajstić information content (AvgIpc) is 3.32. The van der Waals surface area contributed by atoms with Crippen molar-refractivity contribution in [3.05, 3.63) is 58.7 Å². The van der Waals surface area contributed by atoms with E-state index in [-0.39, 0.29) is 23.0 Å². The van der Waals surface area contributed by atoms with E-state index in [1.165, 1.54) is 29.5 Å². The molecule has 0 aliphatic heterocycles. The summed E-state index contributed by atoms with van der Waals surface area (Å²) in [5.74, 6) is 0.340. The topological polar surface area (TPSA) is 81.3 Å². The van der Waals surface area contributed by atoms with Gasteiger partial charge in [-0.05, 0) is 37.0 Å². The highest BCUT2D eigenvalue weighted by molar-refractivity contribution is 5.76. The van der Waals surface area contributed by atoms with Crippen LogP contribution in [0.5, 0.6) is 0 Å². The lowest BCUT2D eigenvalue weighted by Gasteiger charge is -2.14. The molecule has 0 radical (unpaired) electrons. The van der Waals surface area contributed by atoms with E-state index in [0.29, 0.717) is 30.4 Å². The number of carbonyl (C=O) groups excluding carboxylic acids is 1. The molecular formula is C21H24FN5O2. The van der Waals surface area contributed by atoms with Crippen LogP contribution in [-0.2, 0) is 11.2 Å². The Morgan fingerprint density at radius 1 is 1.28 bits per heavy atom. The molecule has 0 saturated heterocycles. The van der Waals surface area contributed by atoms with Crippen LogP contribution in [0.3, 0.4) is 0 Å². The second-order valence-electron chi connectivity index (χ2n) is 7.83. The van der Waals surface area contributed by atoms with Gasteiger partial charge in [-0.1, -0.05) is 25.8 Å². The Morgan fingerprint density at radius 3 is 2.83 bits per heavy atom. The van der Waals surface area contributed by atoms with Gasteiger partial charge in [0.1, 0.15) is 11.6 Å². The van der Waals surface area contributed by atoms with Crippen molar-refractivity contribution >= 4 is 11.6 Å². The fourth-order valence-corrected chi connectivity index (χ4v) is 3.96. The smallest absolute Gasteiger partial charge is 0.300 e. The summed E-state index contributed by atoms with van der Waals surface area (Å²) in [5.41, 5.74) is 0.233. The van der Waals surface area contributed by atoms with Crippen molar-refractivity contribution in [3.63, 3.8) is 0 Å². The molecule has 0 bridgehead atoms. The maximum Gasteiger partial charge on any atom is 0.300 e. The summed E-state index contributed by atoms with van der Waals surface area (Å²) in [6.45, 7) is 1.99. The fraction of sp³-hybridized carbons (Fsp3) is 0.429. The molecular weight excluding hydrogens is 373 g/mol. The molecule has 1 aliphatic rings. The van der Waals surface area contributed by atoms with Crippen LogP contribution in [0.1, 0.15) is 44.9 Å². The molecule has 1 aromatic carbocycles. The number of benzene rings is 1. The third-order valence-corrected chi connectivity index (χ3v) is 5.41. The number of aromatic nitrogens is 4. The largest absolute Gasteiger partial charge is 0.353 e. The number of halogens is 1. The van der Waals surface area contributed by atoms with E-state index in [2.05, 4.69) is 15.5 Å². The first-order valence-electron chi connectivity index (χ1n) is 10.0. The van der Waals surface area contributed by atoms with Gasteiger partial charge in [-0.15, -0.1) is 10.2 Å². The first-order valence-corrected chi connectivity index (χ1v) is 10.0. The Labute approximate surface area is 167 Å². The lowest BCUT2D eigenvalue weighted by molar-refractivity contribution is -0.122. The summed E-state index contributed by atoms with van der Waals surface area (Å²) in [6.07, 6.45) is 8.70. The molecule has 8 heteroatoms. The van der Waals surface area contributed by atoms with Crippen LogP contribution in [-0.4, -0.2) is 31.1 Å². The van der Waals surface area contributed by atoms with Crippen molar-refractivity contribution in [2.75, 3.05) is 0 Å². The molecule has 152 valence electrons. The van der Waals surface area contributed by atoms with Crippen LogP contribution in [0.4, 0.5) is 4.39 Å². The number of hydrogen-bond donors (Lipinski definition) is 1. The molecule has 0 unspecified atom stereocenters. The van der Waals surface area contributed by atoms with Crippen LogP contribution in [0, 0.1) is 11.7 Å². The molecule has 7 nitrogen and oxygen atoms in total. The second kappa shape index (κ2) is 8.14. The first-order chi connectivity index (χ1) is 14.0. The molecule has 1 saturated carbocycles. The monoisotopic (exact) mass is 397 g/mol. The maximum absolute atomic E-state index is 13.5. The van der Waals surface area contributed by atoms with Crippen LogP contribution in [0.25, 0.3) is 11.3 Å². The summed E-state index contributed by atoms with van der Waals surface area (Å²) in [6, 6.07) is 6.13. The van der Waals surface area contributed by atoms with Crippen molar-refractivity contribution < 1.29 is 9.18 Å². The van der Waals surface area contributed by atoms with Gasteiger partial charge in [-0.2, -0.15) is 0 Å². The maximum atomic E-state index is 13.5. The zero-order valence-corrected chi connectivity index (χ0v) is 16.3. The fourth-order valence-electron chi connectivity index (χ4n) is 3.96. The molecule has 3 aromatic rings. The van der Waals surface area contributed by atoms with Gasteiger partial charge in [0.25, 0.3) is 0 Å². The van der Waals surface area contributed by atoms with Gasteiger partial charge in [-0.3, -0.25) is 18.6 Å². The normalized spacial score (nSPS) is 15.7. The summed E-state index contributed by atoms with van der Waals surface area (Å²) >= 11 is 0. The van der Waals surface area contributed by atoms with Gasteiger partial charge in [0.15, 0.2) is 0 Å². The number of hydrogen-bond acceptors (Lipinski definition) is 4. The average molecular weight is 397 g/mol. The molecule has 2 heterocycles. The van der Waals surface area contributed by atoms with Gasteiger partial charge >= 0.3 is 5.56 Å². The Bertz CT molecular complexity index is 1080. The third-order valence-electron chi connectivity index (χ3n) is 5.41. The zero-order valence-electron chi connectivity index (χ0n) is 16.3. The minimum absolute atomic E-state index is 0.0617. The number of nitrogens with one attached hydrogen (secondary N) is 1. The van der Waals surface area contributed by atoms with Crippen LogP contribution < -0.4 is 10.9 Å². The molecule has 29 heavy (non-hydrogen) atoms. The Kier molecular flexibility index (Phi) is 5.42. The molecule has 2 aromatic heterocycles. The highest BCUT2D eigenvalue weighted by Gasteiger charge is 2.20. The van der Waals surface area contributed by atoms with Crippen LogP contribution >= 0.6 is 0 Å². The number of amides is 1. The second-order valence-corrected chi connectivity index (χ2v) is 7.83. The predicted molar refractivity (Wildman–Crippen MR) is 106 cm³/mol. The van der Waals surface area contributed by atoms with Crippen molar-refractivity contribution in [1.82, 2.24) is 24.5 Å². The zero-order chi connectivity index (χ0) is 20.4. The van der Waals surface area contributed by atoms with E-state index < -0.39 is 5.82 Å². The van der Waals surface area contributed by atoms with E-state index in [0.717, 1.165) is 12.8 Å². The minimum atomic E-state index is -0.416. The Balaban J connectivity index is 1.49. The Morgan fingerprint density at radius 2 is 2.07 bits per heavy atom. The van der Waals surface area contributed by atoms with Gasteiger partial charge in [-0.25, -0.2) is 4.39 Å². The summed E-state index contributed by atoms with van der Waals surface area (Å²) in [5, 5.41) is 11.3. The lowest BCUT2D eigenvalue weighted by Crippen LogP contribution is -2.33. The number of carbonyl (C=O) groups is 1. The summed E-state index contributed by atoms with van der Waals surface area (Å²) in [7, 11) is 0. The highest BCUT2D eigenvalue weighted by atomic mass is 19.1. The van der Waals surface area contributed by atoms with E-state index in [1.807, 2.05) is 6.92 Å². The van der Waals surface area contributed by atoms with E-state index >= 15 is 0 Å². The molecule has 4 rings (SSSR count). The van der Waals surface area contributed by atoms with Crippen molar-refractivity contribution in [1.29, 1.82) is 0 Å². The van der Waals surface area contributed by atoms with E-state index in [9.17, 15) is 14.0 Å². The van der Waals surface area contributed by atoms with Gasteiger partial charge in [0, 0.05) is 31.3 Å². The molecule has 0 spiro atoms. The molecule has 1 atom stereocenters. The van der Waals surface area contributed by atoms with E-state index in [4.69, 9.17) is 0 Å². The predicted octanol–water partition coefficient (Wildman–Crippen LogP) is 2.65. The van der Waals surface area contributed by atoms with Crippen molar-refractivity contribution in [2.24, 2.45) is 5.92 Å². The number of fused-ring (bicyclic) bond motifs is 1. The van der Waals surface area contributed by atoms with E-state index in [1.54, 1.807) is 28.9 Å². The van der Waals surface area contributed by atoms with Crippen molar-refractivity contribution in [3.8, 4) is 5.69 Å². The third kappa shape index (κ3) is 4.21. The summed E-state index contributed by atoms with van der Waals surface area (Å²) in [4.78, 5) is 25.0. The first kappa shape index (κ1) is 19.3. The summed E-state index contributed by atoms with van der Waals surface area (Å²) < 4.78 is 16.5. The van der Waals surface area contributed by atoms with Crippen LogP contribution in [0.15, 0.2) is 41.5 Å². The molecule has 1 amide bonds. The molecule has 1 N–H and O–H groups in total.